The molecule has 0 bridgehead atoms. The molecule has 21 heavy (non-hydrogen) atoms. The summed E-state index contributed by atoms with van der Waals surface area (Å²) >= 11 is 0. The number of unbranched alkanes of at least 4 members (excludes halogenated alkanes) is 14. The number of carbonyl (C=O) groups is 1. The molecule has 0 atom stereocenters. The number of hydrogen-bond donors (Lipinski definition) is 1. The molecular weight excluding hydrogens is 275 g/mol. The lowest BCUT2D eigenvalue weighted by atomic mass is 10.0. The van der Waals surface area contributed by atoms with Crippen molar-refractivity contribution in [2.45, 2.75) is 110 Å². The van der Waals surface area contributed by atoms with Crippen molar-refractivity contribution >= 4 is 23.3 Å². The van der Waals surface area contributed by atoms with E-state index < -0.39 is 5.97 Å². The summed E-state index contributed by atoms with van der Waals surface area (Å²) in [5.41, 5.74) is 0. The van der Waals surface area contributed by atoms with Crippen LogP contribution in [0.4, 0.5) is 0 Å². The number of carboxylic acids is 1. The largest absolute Gasteiger partial charge is 0.481 e. The molecule has 0 aliphatic carbocycles. The summed E-state index contributed by atoms with van der Waals surface area (Å²) in [6.45, 7) is 2.27. The van der Waals surface area contributed by atoms with Gasteiger partial charge in [-0.2, -0.15) is 0 Å². The average Bonchev–Trinajstić information content (AvgIpc) is 2.43. The van der Waals surface area contributed by atoms with E-state index in [-0.39, 0.29) is 17.4 Å². The highest BCUT2D eigenvalue weighted by Crippen LogP contribution is 2.13. The van der Waals surface area contributed by atoms with Gasteiger partial charge in [0.15, 0.2) is 17.4 Å². The summed E-state index contributed by atoms with van der Waals surface area (Å²) in [5, 5.41) is 8.52. The number of rotatable bonds is 16. The fraction of sp³-hybridized carbons (Fsp3) is 0.944. The lowest BCUT2D eigenvalue weighted by molar-refractivity contribution is -0.137. The predicted molar refractivity (Wildman–Crippen MR) is 97.1 cm³/mol. The minimum atomic E-state index is -0.653. The van der Waals surface area contributed by atoms with Crippen molar-refractivity contribution in [1.29, 1.82) is 0 Å². The van der Waals surface area contributed by atoms with Crippen LogP contribution in [0.2, 0.25) is 0 Å². The monoisotopic (exact) mass is 314 g/mol. The molecule has 0 unspecified atom stereocenters. The zero-order chi connectivity index (χ0) is 14.9. The molecule has 0 amide bonds. The van der Waals surface area contributed by atoms with Gasteiger partial charge in [-0.15, -0.1) is 0 Å². The molecule has 0 rings (SSSR count). The van der Waals surface area contributed by atoms with E-state index in [4.69, 9.17) is 5.11 Å². The van der Waals surface area contributed by atoms with Gasteiger partial charge in [0.25, 0.3) is 0 Å². The topological polar surface area (TPSA) is 37.3 Å². The molecule has 0 spiro atoms. The number of hydrogen-bond acceptors (Lipinski definition) is 1. The van der Waals surface area contributed by atoms with Crippen molar-refractivity contribution in [2.75, 3.05) is 0 Å². The van der Waals surface area contributed by atoms with Crippen molar-refractivity contribution in [1.82, 2.24) is 0 Å². The van der Waals surface area contributed by atoms with E-state index in [2.05, 4.69) is 6.92 Å². The van der Waals surface area contributed by atoms with Crippen LogP contribution in [-0.2, 0) is 4.79 Å². The Balaban J connectivity index is 0. The smallest absolute Gasteiger partial charge is 0.303 e. The van der Waals surface area contributed by atoms with Crippen molar-refractivity contribution in [2.24, 2.45) is 0 Å². The van der Waals surface area contributed by atoms with Crippen LogP contribution in [0.3, 0.4) is 0 Å². The van der Waals surface area contributed by atoms with Gasteiger partial charge in [-0.25, -0.2) is 0 Å². The van der Waals surface area contributed by atoms with Gasteiger partial charge in [0.1, 0.15) is 0 Å². The van der Waals surface area contributed by atoms with Crippen LogP contribution in [-0.4, -0.2) is 28.4 Å². The molecule has 0 radical (unpaired) electrons. The molecule has 2 nitrogen and oxygen atoms in total. The van der Waals surface area contributed by atoms with Crippen LogP contribution < -0.4 is 0 Å². The van der Waals surface area contributed by atoms with Gasteiger partial charge in [-0.05, 0) is 6.42 Å². The maximum Gasteiger partial charge on any atom is 0.303 e. The third kappa shape index (κ3) is 22.4. The molecule has 126 valence electrons. The van der Waals surface area contributed by atoms with E-state index in [1.165, 1.54) is 83.5 Å². The highest BCUT2D eigenvalue weighted by Gasteiger charge is 1.97. The quantitative estimate of drug-likeness (QED) is 0.316. The van der Waals surface area contributed by atoms with Gasteiger partial charge < -0.3 is 5.11 Å². The minimum absolute atomic E-state index is 0. The molecule has 0 saturated heterocycles. The normalized spacial score (nSPS) is 10.3. The maximum atomic E-state index is 10.3. The van der Waals surface area contributed by atoms with Gasteiger partial charge in [0.05, 0.1) is 0 Å². The lowest BCUT2D eigenvalue weighted by Gasteiger charge is -2.03. The Morgan fingerprint density at radius 2 is 0.905 bits per heavy atom. The van der Waals surface area contributed by atoms with Crippen LogP contribution in [0, 0.1) is 0 Å². The van der Waals surface area contributed by atoms with Gasteiger partial charge in [-0.1, -0.05) is 96.8 Å². The molecule has 0 aliphatic rings. The third-order valence-corrected chi connectivity index (χ3v) is 3.99. The third-order valence-electron chi connectivity index (χ3n) is 3.99. The average molecular weight is 314 g/mol. The summed E-state index contributed by atoms with van der Waals surface area (Å²) in [7, 11) is 0. The minimum Gasteiger partial charge on any atom is -0.481 e. The Morgan fingerprint density at radius 3 is 1.19 bits per heavy atom. The van der Waals surface area contributed by atoms with Crippen molar-refractivity contribution in [3.63, 3.8) is 0 Å². The molecule has 1 N–H and O–H groups in total. The first kappa shape index (κ1) is 23.3. The summed E-state index contributed by atoms with van der Waals surface area (Å²) in [4.78, 5) is 10.3. The number of carboxylic acid groups (broad SMARTS) is 1. The summed E-state index contributed by atoms with van der Waals surface area (Å²) in [6.07, 6.45) is 20.2. The highest BCUT2D eigenvalue weighted by molar-refractivity contribution is 5.75. The highest BCUT2D eigenvalue weighted by atomic mass is 27.0. The molecular formula is C18H39AlO2. The molecule has 0 aliphatic heterocycles. The van der Waals surface area contributed by atoms with E-state index in [0.717, 1.165) is 12.8 Å². The van der Waals surface area contributed by atoms with Crippen molar-refractivity contribution in [3.05, 3.63) is 0 Å². The van der Waals surface area contributed by atoms with Crippen molar-refractivity contribution in [3.8, 4) is 0 Å². The standard InChI is InChI=1S/C18H36O2.Al.3H/c1-2-3-4-5-6-7-8-9-10-11-12-13-14-15-16-17-18(19)20;;;;/h2-17H2,1H3,(H,19,20);;;;. The van der Waals surface area contributed by atoms with Crippen LogP contribution in [0.1, 0.15) is 110 Å². The molecule has 0 heterocycles. The summed E-state index contributed by atoms with van der Waals surface area (Å²) < 4.78 is 0. The molecule has 0 fully saturated rings. The maximum absolute atomic E-state index is 10.3. The first-order valence-corrected chi connectivity index (χ1v) is 8.99. The lowest BCUT2D eigenvalue weighted by Crippen LogP contribution is -1.93. The van der Waals surface area contributed by atoms with E-state index in [0.29, 0.717) is 6.42 Å². The Morgan fingerprint density at radius 1 is 0.619 bits per heavy atom. The van der Waals surface area contributed by atoms with E-state index in [9.17, 15) is 4.79 Å². The zero-order valence-electron chi connectivity index (χ0n) is 13.7. The van der Waals surface area contributed by atoms with E-state index >= 15 is 0 Å². The Bertz CT molecular complexity index is 207. The predicted octanol–water partition coefficient (Wildman–Crippen LogP) is 5.15. The molecule has 0 aromatic rings. The van der Waals surface area contributed by atoms with E-state index in [1.54, 1.807) is 0 Å². The fourth-order valence-electron chi connectivity index (χ4n) is 2.65. The second-order valence-corrected chi connectivity index (χ2v) is 6.09. The summed E-state index contributed by atoms with van der Waals surface area (Å²) in [5.74, 6) is -0.653. The van der Waals surface area contributed by atoms with Crippen molar-refractivity contribution < 1.29 is 9.90 Å². The second kappa shape index (κ2) is 20.0. The molecule has 0 saturated carbocycles. The fourth-order valence-corrected chi connectivity index (χ4v) is 2.65. The first-order chi connectivity index (χ1) is 9.77. The number of aliphatic carboxylic acids is 1. The SMILES string of the molecule is CCCCCCCCCCCCCCCCCC(=O)O.[AlH3]. The van der Waals surface area contributed by atoms with Crippen LogP contribution in [0.15, 0.2) is 0 Å². The van der Waals surface area contributed by atoms with Crippen LogP contribution >= 0.6 is 0 Å². The Hall–Kier alpha value is 0.00247. The van der Waals surface area contributed by atoms with Gasteiger partial charge in [-0.3, -0.25) is 4.79 Å². The van der Waals surface area contributed by atoms with E-state index in [1.807, 2.05) is 0 Å². The van der Waals surface area contributed by atoms with Gasteiger partial charge in [0.2, 0.25) is 0 Å². The first-order valence-electron chi connectivity index (χ1n) is 8.99. The van der Waals surface area contributed by atoms with Crippen LogP contribution in [0.5, 0.6) is 0 Å². The molecule has 0 aromatic carbocycles. The summed E-state index contributed by atoms with van der Waals surface area (Å²) in [6, 6.07) is 0. The molecule has 0 aromatic heterocycles. The second-order valence-electron chi connectivity index (χ2n) is 6.09. The van der Waals surface area contributed by atoms with Gasteiger partial charge in [0, 0.05) is 6.42 Å². The van der Waals surface area contributed by atoms with Crippen LogP contribution in [0.25, 0.3) is 0 Å². The van der Waals surface area contributed by atoms with Gasteiger partial charge >= 0.3 is 5.97 Å². The Labute approximate surface area is 143 Å². The molecule has 3 heteroatoms. The Kier molecular flexibility index (Phi) is 22.2. The zero-order valence-corrected chi connectivity index (χ0v) is 13.7.